The number of benzene rings is 1. The Morgan fingerprint density at radius 3 is 2.18 bits per heavy atom. The molecule has 5 rings (SSSR count). The molecule has 4 aliphatic rings. The lowest BCUT2D eigenvalue weighted by molar-refractivity contribution is -0.123. The van der Waals surface area contributed by atoms with Crippen molar-refractivity contribution < 1.29 is 9.59 Å². The Bertz CT molecular complexity index is 766. The third-order valence-electron chi connectivity index (χ3n) is 6.12. The minimum Gasteiger partial charge on any atom is -0.274 e. The molecule has 1 aromatic rings. The molecule has 3 fully saturated rings. The Morgan fingerprint density at radius 1 is 1.05 bits per heavy atom. The van der Waals surface area contributed by atoms with Crippen LogP contribution in [0, 0.1) is 40.4 Å². The first-order valence-electron chi connectivity index (χ1n) is 7.74. The lowest BCUT2D eigenvalue weighted by Gasteiger charge is -2.22. The van der Waals surface area contributed by atoms with Gasteiger partial charge in [-0.25, -0.2) is 4.90 Å². The van der Waals surface area contributed by atoms with E-state index in [1.807, 2.05) is 0 Å². The molecule has 4 nitrogen and oxygen atoms in total. The Balaban J connectivity index is 1.61. The first-order valence-corrected chi connectivity index (χ1v) is 7.74. The van der Waals surface area contributed by atoms with Gasteiger partial charge >= 0.3 is 0 Å². The zero-order chi connectivity index (χ0) is 15.1. The summed E-state index contributed by atoms with van der Waals surface area (Å²) in [6.07, 6.45) is 6.59. The van der Waals surface area contributed by atoms with Crippen LogP contribution in [0.5, 0.6) is 0 Å². The summed E-state index contributed by atoms with van der Waals surface area (Å²) in [5.74, 6) is -0.202. The molecule has 0 N–H and O–H groups in total. The molecule has 1 aromatic carbocycles. The molecule has 1 saturated heterocycles. The largest absolute Gasteiger partial charge is 0.274 e. The van der Waals surface area contributed by atoms with E-state index in [1.165, 1.54) is 4.90 Å². The third kappa shape index (κ3) is 1.16. The fourth-order valence-corrected chi connectivity index (χ4v) is 5.08. The standard InChI is InChI=1S/C18H14N2O2/c19-9-10-3-1-2-4-13(10)20-16(21)14-11-5-6-12(15(14)17(20)22)18(11)7-8-18/h1-6,11-12,14-15H,7-8H2/t11-,12-,14-,15+/m1/s1. The van der Waals surface area contributed by atoms with Crippen molar-refractivity contribution in [2.45, 2.75) is 12.8 Å². The molecule has 1 heterocycles. The Labute approximate surface area is 128 Å². The fraction of sp³-hybridized carbons (Fsp3) is 0.389. The minimum absolute atomic E-state index is 0.110. The number of rotatable bonds is 1. The summed E-state index contributed by atoms with van der Waals surface area (Å²) >= 11 is 0. The first-order chi connectivity index (χ1) is 10.7. The molecule has 22 heavy (non-hydrogen) atoms. The lowest BCUT2D eigenvalue weighted by atomic mass is 9.85. The highest BCUT2D eigenvalue weighted by Crippen LogP contribution is 2.73. The van der Waals surface area contributed by atoms with Crippen molar-refractivity contribution in [3.05, 3.63) is 42.0 Å². The summed E-state index contributed by atoms with van der Waals surface area (Å²) in [6.45, 7) is 0. The number of carbonyl (C=O) groups is 2. The number of amides is 2. The van der Waals surface area contributed by atoms with E-state index in [-0.39, 0.29) is 40.9 Å². The fourth-order valence-electron chi connectivity index (χ4n) is 5.08. The van der Waals surface area contributed by atoms with Gasteiger partial charge in [-0.1, -0.05) is 24.3 Å². The van der Waals surface area contributed by atoms with Gasteiger partial charge in [-0.15, -0.1) is 0 Å². The average molecular weight is 290 g/mol. The van der Waals surface area contributed by atoms with Gasteiger partial charge in [0.25, 0.3) is 0 Å². The SMILES string of the molecule is N#Cc1ccccc1N1C(=O)[C@@H]2[C@H](C1=O)[C@H]1C=C[C@H]2C12CC2. The van der Waals surface area contributed by atoms with E-state index in [0.717, 1.165) is 12.8 Å². The van der Waals surface area contributed by atoms with E-state index in [2.05, 4.69) is 18.2 Å². The van der Waals surface area contributed by atoms with Crippen LogP contribution in [0.4, 0.5) is 5.69 Å². The van der Waals surface area contributed by atoms with Crippen molar-refractivity contribution in [2.24, 2.45) is 29.1 Å². The van der Waals surface area contributed by atoms with E-state index in [1.54, 1.807) is 24.3 Å². The topological polar surface area (TPSA) is 61.2 Å². The number of hydrogen-bond acceptors (Lipinski definition) is 3. The van der Waals surface area contributed by atoms with Crippen molar-refractivity contribution in [3.8, 4) is 6.07 Å². The number of anilines is 1. The predicted octanol–water partition coefficient (Wildman–Crippen LogP) is 2.26. The highest BCUT2D eigenvalue weighted by Gasteiger charge is 2.73. The number of imide groups is 1. The second-order valence-electron chi connectivity index (χ2n) is 6.86. The molecule has 108 valence electrons. The van der Waals surface area contributed by atoms with E-state index in [4.69, 9.17) is 0 Å². The normalized spacial score (nSPS) is 36.0. The van der Waals surface area contributed by atoms with Crippen LogP contribution in [0.1, 0.15) is 18.4 Å². The van der Waals surface area contributed by atoms with Crippen molar-refractivity contribution in [2.75, 3.05) is 4.90 Å². The van der Waals surface area contributed by atoms with Crippen LogP contribution in [-0.4, -0.2) is 11.8 Å². The highest BCUT2D eigenvalue weighted by atomic mass is 16.2. The number of allylic oxidation sites excluding steroid dienone is 2. The van der Waals surface area contributed by atoms with Gasteiger partial charge in [0.1, 0.15) is 6.07 Å². The average Bonchev–Trinajstić information content (AvgIpc) is 3.13. The lowest BCUT2D eigenvalue weighted by Crippen LogP contribution is -2.35. The second kappa shape index (κ2) is 3.67. The number of fused-ring (bicyclic) bond motifs is 3. The van der Waals surface area contributed by atoms with E-state index >= 15 is 0 Å². The van der Waals surface area contributed by atoms with Gasteiger partial charge in [0.05, 0.1) is 23.1 Å². The van der Waals surface area contributed by atoms with Gasteiger partial charge in [-0.3, -0.25) is 9.59 Å². The van der Waals surface area contributed by atoms with Gasteiger partial charge in [-0.05, 0) is 42.2 Å². The van der Waals surface area contributed by atoms with E-state index in [9.17, 15) is 14.9 Å². The summed E-state index contributed by atoms with van der Waals surface area (Å²) in [6, 6.07) is 8.94. The van der Waals surface area contributed by atoms with Crippen LogP contribution in [0.25, 0.3) is 0 Å². The molecule has 0 radical (unpaired) electrons. The maximum Gasteiger partial charge on any atom is 0.238 e. The van der Waals surface area contributed by atoms with Gasteiger partial charge in [0.15, 0.2) is 0 Å². The number of para-hydroxylation sites is 1. The quantitative estimate of drug-likeness (QED) is 0.589. The monoisotopic (exact) mass is 290 g/mol. The van der Waals surface area contributed by atoms with Crippen molar-refractivity contribution in [1.82, 2.24) is 0 Å². The molecule has 2 saturated carbocycles. The first kappa shape index (κ1) is 12.2. The summed E-state index contributed by atoms with van der Waals surface area (Å²) in [5.41, 5.74) is 1.03. The Hall–Kier alpha value is -2.41. The molecule has 2 bridgehead atoms. The van der Waals surface area contributed by atoms with E-state index < -0.39 is 0 Å². The van der Waals surface area contributed by atoms with Crippen LogP contribution >= 0.6 is 0 Å². The zero-order valence-electron chi connectivity index (χ0n) is 11.9. The summed E-state index contributed by atoms with van der Waals surface area (Å²) in [5, 5.41) is 9.25. The van der Waals surface area contributed by atoms with Gasteiger partial charge < -0.3 is 0 Å². The van der Waals surface area contributed by atoms with Crippen LogP contribution in [0.15, 0.2) is 36.4 Å². The van der Waals surface area contributed by atoms with Crippen molar-refractivity contribution >= 4 is 17.5 Å². The summed E-state index contributed by atoms with van der Waals surface area (Å²) in [7, 11) is 0. The number of hydrogen-bond donors (Lipinski definition) is 0. The maximum atomic E-state index is 12.9. The van der Waals surface area contributed by atoms with Crippen molar-refractivity contribution in [1.29, 1.82) is 5.26 Å². The summed E-state index contributed by atoms with van der Waals surface area (Å²) in [4.78, 5) is 27.1. The second-order valence-corrected chi connectivity index (χ2v) is 6.86. The molecular weight excluding hydrogens is 276 g/mol. The molecule has 3 aliphatic carbocycles. The molecule has 0 aromatic heterocycles. The predicted molar refractivity (Wildman–Crippen MR) is 78.4 cm³/mol. The minimum atomic E-state index is -0.211. The maximum absolute atomic E-state index is 12.9. The molecule has 2 amide bonds. The Kier molecular flexibility index (Phi) is 2.03. The molecule has 1 spiro atoms. The van der Waals surface area contributed by atoms with Gasteiger partial charge in [0.2, 0.25) is 11.8 Å². The molecule has 0 unspecified atom stereocenters. The van der Waals surface area contributed by atoms with Gasteiger partial charge in [0, 0.05) is 0 Å². The van der Waals surface area contributed by atoms with Crippen LogP contribution in [-0.2, 0) is 9.59 Å². The van der Waals surface area contributed by atoms with E-state index in [0.29, 0.717) is 11.3 Å². The highest BCUT2D eigenvalue weighted by molar-refractivity contribution is 6.23. The van der Waals surface area contributed by atoms with Crippen LogP contribution < -0.4 is 4.90 Å². The third-order valence-corrected chi connectivity index (χ3v) is 6.12. The molecule has 4 atom stereocenters. The van der Waals surface area contributed by atoms with Crippen LogP contribution in [0.2, 0.25) is 0 Å². The molecular formula is C18H14N2O2. The van der Waals surface area contributed by atoms with Gasteiger partial charge in [-0.2, -0.15) is 5.26 Å². The smallest absolute Gasteiger partial charge is 0.238 e. The Morgan fingerprint density at radius 2 is 1.64 bits per heavy atom. The number of carbonyl (C=O) groups excluding carboxylic acids is 2. The summed E-state index contributed by atoms with van der Waals surface area (Å²) < 4.78 is 0. The number of nitrogens with zero attached hydrogens (tertiary/aromatic N) is 2. The molecule has 1 aliphatic heterocycles. The van der Waals surface area contributed by atoms with Crippen molar-refractivity contribution in [3.63, 3.8) is 0 Å². The zero-order valence-corrected chi connectivity index (χ0v) is 11.9. The molecule has 4 heteroatoms. The number of nitriles is 1. The van der Waals surface area contributed by atoms with Crippen LogP contribution in [0.3, 0.4) is 0 Å².